The Bertz CT molecular complexity index is 253. The molecule has 17 heavy (non-hydrogen) atoms. The molecule has 0 aromatic carbocycles. The number of hydrogen-bond donors (Lipinski definition) is 2. The van der Waals surface area contributed by atoms with Gasteiger partial charge in [-0.2, -0.15) is 0 Å². The number of rotatable bonds is 4. The highest BCUT2D eigenvalue weighted by Crippen LogP contribution is 2.13. The highest BCUT2D eigenvalue weighted by molar-refractivity contribution is 5.79. The lowest BCUT2D eigenvalue weighted by Crippen LogP contribution is -2.46. The van der Waals surface area contributed by atoms with Crippen LogP contribution in [0, 0.1) is 5.92 Å². The maximum atomic E-state index is 11.9. The molecule has 0 aromatic rings. The van der Waals surface area contributed by atoms with E-state index in [1.54, 1.807) is 0 Å². The van der Waals surface area contributed by atoms with Crippen molar-refractivity contribution in [2.45, 2.75) is 6.42 Å². The van der Waals surface area contributed by atoms with Crippen molar-refractivity contribution < 1.29 is 4.79 Å². The molecule has 5 nitrogen and oxygen atoms in total. The Morgan fingerprint density at radius 1 is 1.35 bits per heavy atom. The van der Waals surface area contributed by atoms with Gasteiger partial charge in [0.15, 0.2) is 0 Å². The van der Waals surface area contributed by atoms with E-state index >= 15 is 0 Å². The van der Waals surface area contributed by atoms with Crippen molar-refractivity contribution in [2.24, 2.45) is 5.92 Å². The van der Waals surface area contributed by atoms with Gasteiger partial charge in [0.1, 0.15) is 0 Å². The zero-order chi connectivity index (χ0) is 12.1. The zero-order valence-corrected chi connectivity index (χ0v) is 10.7. The Balaban J connectivity index is 1.59. The summed E-state index contributed by atoms with van der Waals surface area (Å²) in [4.78, 5) is 16.5. The van der Waals surface area contributed by atoms with Crippen molar-refractivity contribution >= 4 is 5.91 Å². The van der Waals surface area contributed by atoms with Crippen LogP contribution in [0.5, 0.6) is 0 Å². The van der Waals surface area contributed by atoms with E-state index in [2.05, 4.69) is 27.5 Å². The first-order valence-corrected chi connectivity index (χ1v) is 6.65. The SMILES string of the molecule is CN1CCC(C(=O)NCCN2CCNCC2)C1. The monoisotopic (exact) mass is 240 g/mol. The number of carbonyl (C=O) groups excluding carboxylic acids is 1. The molecule has 2 N–H and O–H groups in total. The smallest absolute Gasteiger partial charge is 0.224 e. The third-order valence-electron chi connectivity index (χ3n) is 3.70. The average molecular weight is 240 g/mol. The molecule has 2 rings (SSSR count). The molecule has 2 fully saturated rings. The van der Waals surface area contributed by atoms with E-state index in [1.807, 2.05) is 0 Å². The molecule has 98 valence electrons. The van der Waals surface area contributed by atoms with Crippen LogP contribution in [0.3, 0.4) is 0 Å². The van der Waals surface area contributed by atoms with Crippen LogP contribution in [0.1, 0.15) is 6.42 Å². The Morgan fingerprint density at radius 2 is 2.12 bits per heavy atom. The van der Waals surface area contributed by atoms with Crippen molar-refractivity contribution in [1.82, 2.24) is 20.4 Å². The molecule has 0 bridgehead atoms. The van der Waals surface area contributed by atoms with E-state index in [0.29, 0.717) is 0 Å². The second-order valence-corrected chi connectivity index (χ2v) is 5.13. The minimum Gasteiger partial charge on any atom is -0.355 e. The number of piperazine rings is 1. The van der Waals surface area contributed by atoms with Crippen molar-refractivity contribution in [1.29, 1.82) is 0 Å². The van der Waals surface area contributed by atoms with Crippen LogP contribution in [0.2, 0.25) is 0 Å². The summed E-state index contributed by atoms with van der Waals surface area (Å²) >= 11 is 0. The highest BCUT2D eigenvalue weighted by Gasteiger charge is 2.25. The summed E-state index contributed by atoms with van der Waals surface area (Å²) in [7, 11) is 2.08. The van der Waals surface area contributed by atoms with Gasteiger partial charge in [0.25, 0.3) is 0 Å². The van der Waals surface area contributed by atoms with Crippen LogP contribution in [-0.4, -0.2) is 75.1 Å². The van der Waals surface area contributed by atoms with Crippen molar-refractivity contribution in [2.75, 3.05) is 59.4 Å². The lowest BCUT2D eigenvalue weighted by Gasteiger charge is -2.27. The summed E-state index contributed by atoms with van der Waals surface area (Å²) in [6, 6.07) is 0. The minimum absolute atomic E-state index is 0.211. The van der Waals surface area contributed by atoms with E-state index in [1.165, 1.54) is 0 Å². The summed E-state index contributed by atoms with van der Waals surface area (Å²) in [6.07, 6.45) is 1.01. The molecule has 0 aliphatic carbocycles. The molecule has 2 aliphatic heterocycles. The van der Waals surface area contributed by atoms with Gasteiger partial charge in [-0.05, 0) is 20.0 Å². The van der Waals surface area contributed by atoms with Gasteiger partial charge in [0.2, 0.25) is 5.91 Å². The molecule has 2 saturated heterocycles. The van der Waals surface area contributed by atoms with Crippen LogP contribution in [-0.2, 0) is 4.79 Å². The van der Waals surface area contributed by atoms with Crippen molar-refractivity contribution in [3.63, 3.8) is 0 Å². The lowest BCUT2D eigenvalue weighted by atomic mass is 10.1. The maximum absolute atomic E-state index is 11.9. The number of hydrogen-bond acceptors (Lipinski definition) is 4. The Hall–Kier alpha value is -0.650. The highest BCUT2D eigenvalue weighted by atomic mass is 16.1. The van der Waals surface area contributed by atoms with Gasteiger partial charge in [0, 0.05) is 45.8 Å². The first kappa shape index (κ1) is 12.8. The predicted octanol–water partition coefficient (Wildman–Crippen LogP) is -1.04. The van der Waals surface area contributed by atoms with Gasteiger partial charge in [-0.1, -0.05) is 0 Å². The third kappa shape index (κ3) is 3.94. The first-order valence-electron chi connectivity index (χ1n) is 6.65. The van der Waals surface area contributed by atoms with Crippen LogP contribution >= 0.6 is 0 Å². The van der Waals surface area contributed by atoms with Crippen LogP contribution in [0.4, 0.5) is 0 Å². The van der Waals surface area contributed by atoms with Crippen LogP contribution < -0.4 is 10.6 Å². The molecule has 0 spiro atoms. The molecular formula is C12H24N4O. The van der Waals surface area contributed by atoms with E-state index in [4.69, 9.17) is 0 Å². The number of nitrogens with zero attached hydrogens (tertiary/aromatic N) is 2. The van der Waals surface area contributed by atoms with Gasteiger partial charge in [-0.3, -0.25) is 9.69 Å². The number of likely N-dealkylation sites (tertiary alicyclic amines) is 1. The Kier molecular flexibility index (Phi) is 4.76. The number of carbonyl (C=O) groups is 1. The molecule has 2 heterocycles. The fourth-order valence-electron chi connectivity index (χ4n) is 2.57. The minimum atomic E-state index is 0.211. The molecule has 1 amide bonds. The Morgan fingerprint density at radius 3 is 2.76 bits per heavy atom. The fraction of sp³-hybridized carbons (Fsp3) is 0.917. The molecule has 5 heteroatoms. The molecule has 0 aromatic heterocycles. The van der Waals surface area contributed by atoms with Gasteiger partial charge in [0.05, 0.1) is 5.92 Å². The quantitative estimate of drug-likeness (QED) is 0.659. The van der Waals surface area contributed by atoms with Crippen LogP contribution in [0.25, 0.3) is 0 Å². The van der Waals surface area contributed by atoms with E-state index in [9.17, 15) is 4.79 Å². The van der Waals surface area contributed by atoms with E-state index in [-0.39, 0.29) is 11.8 Å². The second-order valence-electron chi connectivity index (χ2n) is 5.13. The summed E-state index contributed by atoms with van der Waals surface area (Å²) in [5.74, 6) is 0.451. The predicted molar refractivity (Wildman–Crippen MR) is 67.9 cm³/mol. The van der Waals surface area contributed by atoms with Gasteiger partial charge in [-0.25, -0.2) is 0 Å². The average Bonchev–Trinajstić information content (AvgIpc) is 2.77. The van der Waals surface area contributed by atoms with Crippen molar-refractivity contribution in [3.05, 3.63) is 0 Å². The standard InChI is InChI=1S/C12H24N4O/c1-15-6-2-11(10-15)12(17)14-5-9-16-7-3-13-4-8-16/h11,13H,2-10H2,1H3,(H,14,17). The van der Waals surface area contributed by atoms with Gasteiger partial charge < -0.3 is 15.5 Å². The maximum Gasteiger partial charge on any atom is 0.224 e. The largest absolute Gasteiger partial charge is 0.355 e. The normalized spacial score (nSPS) is 27.2. The topological polar surface area (TPSA) is 47.6 Å². The van der Waals surface area contributed by atoms with Gasteiger partial charge in [-0.15, -0.1) is 0 Å². The summed E-state index contributed by atoms with van der Waals surface area (Å²) in [6.45, 7) is 8.08. The number of amides is 1. The summed E-state index contributed by atoms with van der Waals surface area (Å²) in [5.41, 5.74) is 0. The van der Waals surface area contributed by atoms with Gasteiger partial charge >= 0.3 is 0 Å². The zero-order valence-electron chi connectivity index (χ0n) is 10.7. The number of nitrogens with one attached hydrogen (secondary N) is 2. The molecular weight excluding hydrogens is 216 g/mol. The molecule has 1 unspecified atom stereocenters. The summed E-state index contributed by atoms with van der Waals surface area (Å²) in [5, 5.41) is 6.39. The van der Waals surface area contributed by atoms with E-state index in [0.717, 1.165) is 58.8 Å². The first-order chi connectivity index (χ1) is 8.25. The van der Waals surface area contributed by atoms with Crippen LogP contribution in [0.15, 0.2) is 0 Å². The second kappa shape index (κ2) is 6.33. The molecule has 0 radical (unpaired) electrons. The molecule has 1 atom stereocenters. The summed E-state index contributed by atoms with van der Waals surface area (Å²) < 4.78 is 0. The molecule has 2 aliphatic rings. The fourth-order valence-corrected chi connectivity index (χ4v) is 2.57. The third-order valence-corrected chi connectivity index (χ3v) is 3.70. The molecule has 0 saturated carbocycles. The van der Waals surface area contributed by atoms with Crippen molar-refractivity contribution in [3.8, 4) is 0 Å². The van der Waals surface area contributed by atoms with E-state index < -0.39 is 0 Å². The Labute approximate surface area is 104 Å². The lowest BCUT2D eigenvalue weighted by molar-refractivity contribution is -0.124.